The van der Waals surface area contributed by atoms with E-state index in [1.165, 1.54) is 6.26 Å². The highest BCUT2D eigenvalue weighted by Gasteiger charge is 2.07. The minimum absolute atomic E-state index is 0.290. The number of anilines is 1. The largest absolute Gasteiger partial charge is 0.277 e. The Labute approximate surface area is 129 Å². The lowest BCUT2D eigenvalue weighted by molar-refractivity contribution is 0.602. The summed E-state index contributed by atoms with van der Waals surface area (Å²) in [6.45, 7) is 1.83. The summed E-state index contributed by atoms with van der Waals surface area (Å²) in [5.41, 5.74) is 5.17. The van der Waals surface area contributed by atoms with Gasteiger partial charge in [0.05, 0.1) is 21.3 Å². The van der Waals surface area contributed by atoms with E-state index in [0.29, 0.717) is 10.7 Å². The van der Waals surface area contributed by atoms with Gasteiger partial charge in [0.25, 0.3) is 0 Å². The van der Waals surface area contributed by atoms with Crippen molar-refractivity contribution >= 4 is 32.8 Å². The summed E-state index contributed by atoms with van der Waals surface area (Å²) in [5.74, 6) is 0. The Bertz CT molecular complexity index is 769. The third kappa shape index (κ3) is 4.06. The summed E-state index contributed by atoms with van der Waals surface area (Å²) >= 11 is 6.03. The number of hydrogen-bond donors (Lipinski definition) is 1. The predicted molar refractivity (Wildman–Crippen MR) is 86.8 cm³/mol. The number of hydrazone groups is 1. The van der Waals surface area contributed by atoms with E-state index in [1.54, 1.807) is 30.3 Å². The van der Waals surface area contributed by atoms with E-state index >= 15 is 0 Å². The van der Waals surface area contributed by atoms with E-state index in [0.717, 1.165) is 11.3 Å². The fourth-order valence-corrected chi connectivity index (χ4v) is 2.51. The van der Waals surface area contributed by atoms with Gasteiger partial charge in [0.2, 0.25) is 0 Å². The molecule has 0 aromatic heterocycles. The van der Waals surface area contributed by atoms with E-state index in [4.69, 9.17) is 11.6 Å². The topological polar surface area (TPSA) is 58.5 Å². The summed E-state index contributed by atoms with van der Waals surface area (Å²) in [5, 5.41) is 4.83. The SMILES string of the molecule is C/C(=N\Nc1ccccc1Cl)c1ccc(S(C)(=O)=O)cc1. The van der Waals surface area contributed by atoms with Crippen molar-refractivity contribution in [1.82, 2.24) is 0 Å². The zero-order valence-corrected chi connectivity index (χ0v) is 13.2. The molecule has 0 heterocycles. The van der Waals surface area contributed by atoms with Gasteiger partial charge in [0, 0.05) is 6.26 Å². The number of rotatable bonds is 4. The molecular weight excluding hydrogens is 308 g/mol. The highest BCUT2D eigenvalue weighted by atomic mass is 35.5. The number of hydrogen-bond acceptors (Lipinski definition) is 4. The van der Waals surface area contributed by atoms with E-state index in [2.05, 4.69) is 10.5 Å². The van der Waals surface area contributed by atoms with Gasteiger partial charge in [-0.1, -0.05) is 35.9 Å². The molecule has 4 nitrogen and oxygen atoms in total. The smallest absolute Gasteiger partial charge is 0.175 e. The summed E-state index contributed by atoms with van der Waals surface area (Å²) in [4.78, 5) is 0.290. The van der Waals surface area contributed by atoms with Crippen molar-refractivity contribution in [3.05, 3.63) is 59.1 Å². The van der Waals surface area contributed by atoms with Gasteiger partial charge in [-0.05, 0) is 36.8 Å². The van der Waals surface area contributed by atoms with Crippen molar-refractivity contribution in [2.24, 2.45) is 5.10 Å². The van der Waals surface area contributed by atoms with Crippen molar-refractivity contribution in [1.29, 1.82) is 0 Å². The average molecular weight is 323 g/mol. The fourth-order valence-electron chi connectivity index (χ4n) is 1.70. The molecular formula is C15H15ClN2O2S. The molecule has 0 amide bonds. The normalized spacial score (nSPS) is 12.2. The fraction of sp³-hybridized carbons (Fsp3) is 0.133. The Morgan fingerprint density at radius 3 is 2.29 bits per heavy atom. The maximum absolute atomic E-state index is 11.4. The molecule has 0 aliphatic carbocycles. The third-order valence-corrected chi connectivity index (χ3v) is 4.38. The van der Waals surface area contributed by atoms with Gasteiger partial charge in [-0.2, -0.15) is 5.10 Å². The summed E-state index contributed by atoms with van der Waals surface area (Å²) in [7, 11) is -3.18. The van der Waals surface area contributed by atoms with E-state index < -0.39 is 9.84 Å². The van der Waals surface area contributed by atoms with Crippen LogP contribution >= 0.6 is 11.6 Å². The van der Waals surface area contributed by atoms with Crippen molar-refractivity contribution in [3.8, 4) is 0 Å². The Hall–Kier alpha value is -1.85. The van der Waals surface area contributed by atoms with Gasteiger partial charge in [-0.3, -0.25) is 5.43 Å². The summed E-state index contributed by atoms with van der Waals surface area (Å²) < 4.78 is 22.8. The highest BCUT2D eigenvalue weighted by Crippen LogP contribution is 2.20. The molecule has 0 radical (unpaired) electrons. The molecule has 6 heteroatoms. The number of nitrogens with one attached hydrogen (secondary N) is 1. The van der Waals surface area contributed by atoms with Crippen LogP contribution in [0.25, 0.3) is 0 Å². The molecule has 2 rings (SSSR count). The first-order valence-electron chi connectivity index (χ1n) is 6.23. The van der Waals surface area contributed by atoms with Crippen LogP contribution in [0.1, 0.15) is 12.5 Å². The van der Waals surface area contributed by atoms with Crippen LogP contribution in [0.4, 0.5) is 5.69 Å². The van der Waals surface area contributed by atoms with E-state index in [1.807, 2.05) is 25.1 Å². The molecule has 110 valence electrons. The molecule has 2 aromatic carbocycles. The average Bonchev–Trinajstić information content (AvgIpc) is 2.45. The van der Waals surface area contributed by atoms with Gasteiger partial charge >= 0.3 is 0 Å². The summed E-state index contributed by atoms with van der Waals surface area (Å²) in [6, 6.07) is 13.9. The molecule has 0 unspecified atom stereocenters. The minimum atomic E-state index is -3.18. The Morgan fingerprint density at radius 1 is 1.10 bits per heavy atom. The van der Waals surface area contributed by atoms with Gasteiger partial charge < -0.3 is 0 Å². The van der Waals surface area contributed by atoms with Crippen LogP contribution in [0.3, 0.4) is 0 Å². The minimum Gasteiger partial charge on any atom is -0.277 e. The third-order valence-electron chi connectivity index (χ3n) is 2.92. The van der Waals surface area contributed by atoms with Crippen LogP contribution in [0.15, 0.2) is 58.5 Å². The first-order chi connectivity index (χ1) is 9.88. The lowest BCUT2D eigenvalue weighted by atomic mass is 10.1. The van der Waals surface area contributed by atoms with Gasteiger partial charge in [0.15, 0.2) is 9.84 Å². The molecule has 0 aliphatic heterocycles. The first-order valence-corrected chi connectivity index (χ1v) is 8.50. The second-order valence-corrected chi connectivity index (χ2v) is 7.01. The van der Waals surface area contributed by atoms with Crippen molar-refractivity contribution < 1.29 is 8.42 Å². The molecule has 0 fully saturated rings. The van der Waals surface area contributed by atoms with E-state index in [9.17, 15) is 8.42 Å². The molecule has 0 saturated heterocycles. The molecule has 0 bridgehead atoms. The second kappa shape index (κ2) is 6.28. The molecule has 2 aromatic rings. The van der Waals surface area contributed by atoms with Crippen molar-refractivity contribution in [2.45, 2.75) is 11.8 Å². The molecule has 21 heavy (non-hydrogen) atoms. The number of para-hydroxylation sites is 1. The van der Waals surface area contributed by atoms with Gasteiger partial charge in [-0.25, -0.2) is 8.42 Å². The predicted octanol–water partition coefficient (Wildman–Crippen LogP) is 3.58. The maximum atomic E-state index is 11.4. The van der Waals surface area contributed by atoms with Crippen LogP contribution in [0.5, 0.6) is 0 Å². The monoisotopic (exact) mass is 322 g/mol. The highest BCUT2D eigenvalue weighted by molar-refractivity contribution is 7.90. The van der Waals surface area contributed by atoms with Crippen LogP contribution in [-0.2, 0) is 9.84 Å². The van der Waals surface area contributed by atoms with Crippen LogP contribution in [0, 0.1) is 0 Å². The van der Waals surface area contributed by atoms with Crippen molar-refractivity contribution in [2.75, 3.05) is 11.7 Å². The number of benzene rings is 2. The number of sulfone groups is 1. The second-order valence-electron chi connectivity index (χ2n) is 4.59. The van der Waals surface area contributed by atoms with Crippen LogP contribution in [-0.4, -0.2) is 20.4 Å². The van der Waals surface area contributed by atoms with E-state index in [-0.39, 0.29) is 4.90 Å². The summed E-state index contributed by atoms with van der Waals surface area (Å²) in [6.07, 6.45) is 1.18. The lowest BCUT2D eigenvalue weighted by Crippen LogP contribution is -2.02. The zero-order chi connectivity index (χ0) is 15.5. The quantitative estimate of drug-likeness (QED) is 0.691. The lowest BCUT2D eigenvalue weighted by Gasteiger charge is -2.06. The molecule has 0 aliphatic rings. The van der Waals surface area contributed by atoms with Crippen LogP contribution in [0.2, 0.25) is 5.02 Å². The van der Waals surface area contributed by atoms with Gasteiger partial charge in [0.1, 0.15) is 0 Å². The first kappa shape index (κ1) is 15.5. The van der Waals surface area contributed by atoms with Gasteiger partial charge in [-0.15, -0.1) is 0 Å². The Kier molecular flexibility index (Phi) is 4.65. The standard InChI is InChI=1S/C15H15ClN2O2S/c1-11(17-18-15-6-4-3-5-14(15)16)12-7-9-13(10-8-12)21(2,19)20/h3-10,18H,1-2H3/b17-11+. The van der Waals surface area contributed by atoms with Crippen LogP contribution < -0.4 is 5.43 Å². The molecule has 1 N–H and O–H groups in total. The van der Waals surface area contributed by atoms with Crippen molar-refractivity contribution in [3.63, 3.8) is 0 Å². The number of halogens is 1. The molecule has 0 spiro atoms. The Balaban J connectivity index is 2.18. The molecule has 0 atom stereocenters. The number of nitrogens with zero attached hydrogens (tertiary/aromatic N) is 1. The zero-order valence-electron chi connectivity index (χ0n) is 11.7. The maximum Gasteiger partial charge on any atom is 0.175 e. The Morgan fingerprint density at radius 2 is 1.71 bits per heavy atom. The molecule has 0 saturated carbocycles.